The minimum atomic E-state index is -1.40. The van der Waals surface area contributed by atoms with Crippen LogP contribution in [-0.2, 0) is 13.8 Å². The van der Waals surface area contributed by atoms with Crippen molar-refractivity contribution in [3.8, 4) is 6.07 Å². The van der Waals surface area contributed by atoms with Crippen LogP contribution in [0.1, 0.15) is 88.9 Å². The summed E-state index contributed by atoms with van der Waals surface area (Å²) in [5.41, 5.74) is -0.339. The van der Waals surface area contributed by atoms with Gasteiger partial charge in [0.15, 0.2) is 0 Å². The molecule has 1 aromatic rings. The monoisotopic (exact) mass is 505 g/mol. The van der Waals surface area contributed by atoms with Crippen molar-refractivity contribution in [1.82, 2.24) is 9.57 Å². The molecule has 0 fully saturated rings. The molecule has 0 radical (unpaired) electrons. The third kappa shape index (κ3) is 8.06. The number of amides is 2. The molecular formula is C26H40N3O5P. The van der Waals surface area contributed by atoms with E-state index in [1.54, 1.807) is 24.3 Å². The number of hydrogen-bond donors (Lipinski definition) is 0. The molecular weight excluding hydrogens is 465 g/mol. The van der Waals surface area contributed by atoms with Crippen LogP contribution in [-0.4, -0.2) is 64.4 Å². The minimum absolute atomic E-state index is 0.205. The van der Waals surface area contributed by atoms with Crippen LogP contribution in [0, 0.1) is 11.3 Å². The highest BCUT2D eigenvalue weighted by atomic mass is 31.2. The molecule has 1 aliphatic rings. The van der Waals surface area contributed by atoms with Crippen molar-refractivity contribution in [2.24, 2.45) is 0 Å². The number of hydrogen-bond acceptors (Lipinski definition) is 7. The number of nitriles is 1. The lowest BCUT2D eigenvalue weighted by atomic mass is 10.0. The zero-order valence-electron chi connectivity index (χ0n) is 22.3. The first-order valence-corrected chi connectivity index (χ1v) is 13.3. The average molecular weight is 506 g/mol. The first-order chi connectivity index (χ1) is 16.3. The van der Waals surface area contributed by atoms with E-state index in [1.807, 2.05) is 27.7 Å². The first-order valence-electron chi connectivity index (χ1n) is 12.2. The molecule has 0 aliphatic carbocycles. The van der Waals surface area contributed by atoms with Crippen molar-refractivity contribution in [1.29, 1.82) is 5.26 Å². The van der Waals surface area contributed by atoms with E-state index in [4.69, 9.17) is 19.0 Å². The Morgan fingerprint density at radius 3 is 2.03 bits per heavy atom. The molecule has 194 valence electrons. The average Bonchev–Trinajstić information content (AvgIpc) is 3.01. The third-order valence-electron chi connectivity index (χ3n) is 5.61. The van der Waals surface area contributed by atoms with Gasteiger partial charge in [-0.1, -0.05) is 12.1 Å². The highest BCUT2D eigenvalue weighted by molar-refractivity contribution is 7.44. The van der Waals surface area contributed by atoms with Gasteiger partial charge in [0, 0.05) is 18.6 Å². The summed E-state index contributed by atoms with van der Waals surface area (Å²) in [6.07, 6.45) is 0.792. The van der Waals surface area contributed by atoms with Gasteiger partial charge in [0.25, 0.3) is 20.3 Å². The van der Waals surface area contributed by atoms with Crippen LogP contribution in [0.15, 0.2) is 24.3 Å². The Hall–Kier alpha value is -1.88. The van der Waals surface area contributed by atoms with E-state index in [-0.39, 0.29) is 30.4 Å². The maximum absolute atomic E-state index is 12.7. The second-order valence-corrected chi connectivity index (χ2v) is 11.9. The van der Waals surface area contributed by atoms with Crippen LogP contribution in [0.25, 0.3) is 0 Å². The number of benzene rings is 1. The van der Waals surface area contributed by atoms with Crippen LogP contribution in [0.4, 0.5) is 0 Å². The van der Waals surface area contributed by atoms with Crippen LogP contribution < -0.4 is 0 Å². The maximum Gasteiger partial charge on any atom is 0.261 e. The predicted molar refractivity (Wildman–Crippen MR) is 137 cm³/mol. The van der Waals surface area contributed by atoms with E-state index in [0.717, 1.165) is 0 Å². The van der Waals surface area contributed by atoms with Crippen LogP contribution >= 0.6 is 8.53 Å². The highest BCUT2D eigenvalue weighted by Crippen LogP contribution is 2.49. The summed E-state index contributed by atoms with van der Waals surface area (Å²) in [5.74, 6) is -0.514. The van der Waals surface area contributed by atoms with Crippen molar-refractivity contribution < 1.29 is 23.4 Å². The van der Waals surface area contributed by atoms with Gasteiger partial charge in [-0.25, -0.2) is 4.67 Å². The molecule has 0 saturated carbocycles. The van der Waals surface area contributed by atoms with E-state index in [1.165, 1.54) is 4.90 Å². The van der Waals surface area contributed by atoms with Gasteiger partial charge in [-0.3, -0.25) is 14.5 Å². The largest absolute Gasteiger partial charge is 0.373 e. The molecule has 1 atom stereocenters. The topological polar surface area (TPSA) is 92.1 Å². The lowest BCUT2D eigenvalue weighted by Gasteiger charge is -2.40. The van der Waals surface area contributed by atoms with Gasteiger partial charge in [-0.2, -0.15) is 5.26 Å². The van der Waals surface area contributed by atoms with Crippen molar-refractivity contribution in [3.05, 3.63) is 35.4 Å². The second kappa shape index (κ2) is 12.4. The number of imide groups is 1. The van der Waals surface area contributed by atoms with Crippen molar-refractivity contribution in [2.75, 3.05) is 19.8 Å². The van der Waals surface area contributed by atoms with E-state index in [9.17, 15) is 9.59 Å². The minimum Gasteiger partial charge on any atom is -0.373 e. The van der Waals surface area contributed by atoms with Gasteiger partial charge in [0.2, 0.25) is 0 Å². The Balaban J connectivity index is 1.98. The Bertz CT molecular complexity index is 883. The fourth-order valence-corrected chi connectivity index (χ4v) is 5.54. The summed E-state index contributed by atoms with van der Waals surface area (Å²) in [5, 5.41) is 8.91. The van der Waals surface area contributed by atoms with E-state index in [2.05, 4.69) is 38.4 Å². The van der Waals surface area contributed by atoms with Crippen molar-refractivity contribution in [2.45, 2.75) is 91.5 Å². The molecule has 8 nitrogen and oxygen atoms in total. The molecule has 0 N–H and O–H groups in total. The number of nitrogens with zero attached hydrogens (tertiary/aromatic N) is 3. The molecule has 0 spiro atoms. The molecule has 1 heterocycles. The Morgan fingerprint density at radius 1 is 1.00 bits per heavy atom. The maximum atomic E-state index is 12.7. The lowest BCUT2D eigenvalue weighted by Crippen LogP contribution is -2.41. The SMILES string of the molecule is CC(C)N(C(C)C)P(OCCC#N)OC(C)(C)COC(C)(C)CCN1C(=O)c2ccccc2C1=O. The summed E-state index contributed by atoms with van der Waals surface area (Å²) in [6, 6.07) is 9.42. The number of rotatable bonds is 14. The summed E-state index contributed by atoms with van der Waals surface area (Å²) in [6.45, 7) is 17.1. The van der Waals surface area contributed by atoms with Gasteiger partial charge in [0.05, 0.1) is 48.0 Å². The Kier molecular flexibility index (Phi) is 10.4. The van der Waals surface area contributed by atoms with E-state index < -0.39 is 19.7 Å². The Labute approximate surface area is 211 Å². The van der Waals surface area contributed by atoms with E-state index >= 15 is 0 Å². The molecule has 0 bridgehead atoms. The normalized spacial score (nSPS) is 15.3. The molecule has 0 saturated heterocycles. The van der Waals surface area contributed by atoms with E-state index in [0.29, 0.717) is 37.2 Å². The predicted octanol–water partition coefficient (Wildman–Crippen LogP) is 5.54. The molecule has 1 aliphatic heterocycles. The fraction of sp³-hybridized carbons (Fsp3) is 0.654. The molecule has 2 rings (SSSR count). The van der Waals surface area contributed by atoms with Crippen LogP contribution in [0.2, 0.25) is 0 Å². The second-order valence-electron chi connectivity index (χ2n) is 10.5. The summed E-state index contributed by atoms with van der Waals surface area (Å²) in [7, 11) is -1.40. The quantitative estimate of drug-likeness (QED) is 0.186. The van der Waals surface area contributed by atoms with Gasteiger partial charge < -0.3 is 13.8 Å². The summed E-state index contributed by atoms with van der Waals surface area (Å²) >= 11 is 0. The van der Waals surface area contributed by atoms with Gasteiger partial charge in [-0.05, 0) is 73.9 Å². The molecule has 1 aromatic carbocycles. The highest BCUT2D eigenvalue weighted by Gasteiger charge is 2.37. The zero-order chi connectivity index (χ0) is 26.4. The first kappa shape index (κ1) is 29.4. The zero-order valence-corrected chi connectivity index (χ0v) is 23.2. The molecule has 9 heteroatoms. The molecule has 2 amide bonds. The smallest absolute Gasteiger partial charge is 0.261 e. The lowest BCUT2D eigenvalue weighted by molar-refractivity contribution is -0.0889. The van der Waals surface area contributed by atoms with Crippen molar-refractivity contribution in [3.63, 3.8) is 0 Å². The van der Waals surface area contributed by atoms with Crippen molar-refractivity contribution >= 4 is 20.3 Å². The summed E-state index contributed by atoms with van der Waals surface area (Å²) in [4.78, 5) is 26.6. The fourth-order valence-electron chi connectivity index (χ4n) is 3.79. The molecule has 1 unspecified atom stereocenters. The Morgan fingerprint density at radius 2 is 1.54 bits per heavy atom. The third-order valence-corrected chi connectivity index (χ3v) is 7.97. The molecule has 35 heavy (non-hydrogen) atoms. The summed E-state index contributed by atoms with van der Waals surface area (Å²) < 4.78 is 20.9. The number of carbonyl (C=O) groups excluding carboxylic acids is 2. The standard InChI is InChI=1S/C26H40N3O5P/c1-19(2)29(20(3)4)35(33-17-11-15-27)34-26(7,8)18-32-25(5,6)14-16-28-23(30)21-12-9-10-13-22(21)24(28)31/h9-10,12-13,19-20H,11,14,16-18H2,1-8H3. The van der Waals surface area contributed by atoms with Crippen LogP contribution in [0.5, 0.6) is 0 Å². The van der Waals surface area contributed by atoms with Gasteiger partial charge in [0.1, 0.15) is 0 Å². The number of fused-ring (bicyclic) bond motifs is 1. The van der Waals surface area contributed by atoms with Crippen LogP contribution in [0.3, 0.4) is 0 Å². The number of ether oxygens (including phenoxy) is 1. The van der Waals surface area contributed by atoms with Gasteiger partial charge >= 0.3 is 0 Å². The van der Waals surface area contributed by atoms with Gasteiger partial charge in [-0.15, -0.1) is 0 Å². The number of carbonyl (C=O) groups is 2. The molecule has 0 aromatic heterocycles.